The number of benzene rings is 1. The summed E-state index contributed by atoms with van der Waals surface area (Å²) in [5.41, 5.74) is 0.723. The van der Waals surface area contributed by atoms with Gasteiger partial charge in [-0.1, -0.05) is 20.8 Å². The Kier molecular flexibility index (Phi) is 4.06. The summed E-state index contributed by atoms with van der Waals surface area (Å²) in [7, 11) is 3.88. The van der Waals surface area contributed by atoms with Crippen LogP contribution in [0.2, 0.25) is 0 Å². The van der Waals surface area contributed by atoms with Crippen LogP contribution in [0.15, 0.2) is 29.3 Å². The average molecular weight is 249 g/mol. The van der Waals surface area contributed by atoms with Crippen LogP contribution in [0.25, 0.3) is 0 Å². The van der Waals surface area contributed by atoms with Crippen molar-refractivity contribution in [1.29, 1.82) is 0 Å². The molecule has 1 rings (SSSR count). The molecule has 18 heavy (non-hydrogen) atoms. The Balaban J connectivity index is 3.10. The molecule has 5 nitrogen and oxygen atoms in total. The fourth-order valence-electron chi connectivity index (χ4n) is 1.71. The zero-order valence-corrected chi connectivity index (χ0v) is 11.5. The Morgan fingerprint density at radius 3 is 2.06 bits per heavy atom. The maximum atomic E-state index is 10.6. The van der Waals surface area contributed by atoms with Crippen LogP contribution in [-0.4, -0.2) is 29.8 Å². The van der Waals surface area contributed by atoms with Gasteiger partial charge in [0.05, 0.1) is 10.6 Å². The highest BCUT2D eigenvalue weighted by Gasteiger charge is 2.20. The maximum absolute atomic E-state index is 10.6. The molecule has 1 aromatic rings. The van der Waals surface area contributed by atoms with Crippen LogP contribution in [0.4, 0.5) is 11.4 Å². The van der Waals surface area contributed by atoms with Gasteiger partial charge in [0.1, 0.15) is 5.84 Å². The minimum Gasteiger partial charge on any atom is -0.366 e. The second-order valence-electron chi connectivity index (χ2n) is 5.35. The van der Waals surface area contributed by atoms with Gasteiger partial charge >= 0.3 is 0 Å². The lowest BCUT2D eigenvalue weighted by Crippen LogP contribution is -2.33. The molecular formula is C13H19N3O2. The van der Waals surface area contributed by atoms with Crippen molar-refractivity contribution in [2.45, 2.75) is 20.8 Å². The van der Waals surface area contributed by atoms with Crippen molar-refractivity contribution in [2.75, 3.05) is 14.1 Å². The van der Waals surface area contributed by atoms with E-state index in [4.69, 9.17) is 0 Å². The number of aliphatic imine (C=N–C) groups is 1. The van der Waals surface area contributed by atoms with Gasteiger partial charge in [-0.15, -0.1) is 0 Å². The molecule has 0 fully saturated rings. The summed E-state index contributed by atoms with van der Waals surface area (Å²) in [4.78, 5) is 16.7. The SMILES string of the molecule is CN(C)C(=Nc1ccc([N+](=O)[O-])cc1)C(C)(C)C. The number of nitro benzene ring substituents is 1. The van der Waals surface area contributed by atoms with E-state index >= 15 is 0 Å². The van der Waals surface area contributed by atoms with E-state index in [1.807, 2.05) is 19.0 Å². The molecule has 0 amide bonds. The standard InChI is InChI=1S/C13H19N3O2/c1-13(2,3)12(15(4)5)14-10-6-8-11(9-7-10)16(17)18/h6-9H,1-5H3. The lowest BCUT2D eigenvalue weighted by atomic mass is 9.94. The van der Waals surface area contributed by atoms with Crippen LogP contribution >= 0.6 is 0 Å². The molecule has 0 unspecified atom stereocenters. The predicted octanol–water partition coefficient (Wildman–Crippen LogP) is 3.23. The number of nitro groups is 1. The van der Waals surface area contributed by atoms with Gasteiger partial charge in [0.25, 0.3) is 5.69 Å². The molecule has 5 heteroatoms. The lowest BCUT2D eigenvalue weighted by Gasteiger charge is -2.27. The highest BCUT2D eigenvalue weighted by Crippen LogP contribution is 2.23. The summed E-state index contributed by atoms with van der Waals surface area (Å²) in [6.07, 6.45) is 0. The van der Waals surface area contributed by atoms with Crippen LogP contribution in [0.1, 0.15) is 20.8 Å². The number of nitrogens with zero attached hydrogens (tertiary/aromatic N) is 3. The molecule has 0 heterocycles. The van der Waals surface area contributed by atoms with Crippen LogP contribution < -0.4 is 0 Å². The molecule has 0 radical (unpaired) electrons. The Morgan fingerprint density at radius 2 is 1.72 bits per heavy atom. The summed E-state index contributed by atoms with van der Waals surface area (Å²) >= 11 is 0. The molecule has 0 bridgehead atoms. The van der Waals surface area contributed by atoms with Gasteiger partial charge in [0.2, 0.25) is 0 Å². The quantitative estimate of drug-likeness (QED) is 0.350. The van der Waals surface area contributed by atoms with Gasteiger partial charge in [0, 0.05) is 31.6 Å². The van der Waals surface area contributed by atoms with Gasteiger partial charge in [-0.3, -0.25) is 10.1 Å². The monoisotopic (exact) mass is 249 g/mol. The summed E-state index contributed by atoms with van der Waals surface area (Å²) in [5.74, 6) is 0.927. The van der Waals surface area contributed by atoms with Crippen molar-refractivity contribution in [1.82, 2.24) is 4.90 Å². The largest absolute Gasteiger partial charge is 0.366 e. The Morgan fingerprint density at radius 1 is 1.22 bits per heavy atom. The zero-order chi connectivity index (χ0) is 13.9. The molecule has 0 spiro atoms. The lowest BCUT2D eigenvalue weighted by molar-refractivity contribution is -0.384. The third-order valence-electron chi connectivity index (χ3n) is 2.39. The van der Waals surface area contributed by atoms with Gasteiger partial charge in [-0.25, -0.2) is 4.99 Å². The number of amidine groups is 1. The second kappa shape index (κ2) is 5.16. The van der Waals surface area contributed by atoms with E-state index < -0.39 is 4.92 Å². The van der Waals surface area contributed by atoms with E-state index in [0.29, 0.717) is 0 Å². The van der Waals surface area contributed by atoms with Crippen molar-refractivity contribution in [2.24, 2.45) is 10.4 Å². The fraction of sp³-hybridized carbons (Fsp3) is 0.462. The molecule has 98 valence electrons. The minimum absolute atomic E-state index is 0.0781. The summed E-state index contributed by atoms with van der Waals surface area (Å²) in [6, 6.07) is 6.25. The zero-order valence-electron chi connectivity index (χ0n) is 11.5. The smallest absolute Gasteiger partial charge is 0.269 e. The molecule has 1 aromatic carbocycles. The van der Waals surface area contributed by atoms with Crippen molar-refractivity contribution in [3.05, 3.63) is 34.4 Å². The van der Waals surface area contributed by atoms with Gasteiger partial charge in [0.15, 0.2) is 0 Å². The normalized spacial score (nSPS) is 12.4. The van der Waals surface area contributed by atoms with Crippen molar-refractivity contribution < 1.29 is 4.92 Å². The molecule has 0 saturated carbocycles. The molecule has 0 atom stereocenters. The van der Waals surface area contributed by atoms with Crippen molar-refractivity contribution in [3.8, 4) is 0 Å². The summed E-state index contributed by atoms with van der Waals surface area (Å²) < 4.78 is 0. The third kappa shape index (κ3) is 3.55. The first-order valence-corrected chi connectivity index (χ1v) is 5.73. The predicted molar refractivity (Wildman–Crippen MR) is 73.3 cm³/mol. The van der Waals surface area contributed by atoms with E-state index in [1.165, 1.54) is 12.1 Å². The summed E-state index contributed by atoms with van der Waals surface area (Å²) in [5, 5.41) is 10.6. The number of hydrogen-bond acceptors (Lipinski definition) is 3. The van der Waals surface area contributed by atoms with Gasteiger partial charge in [-0.05, 0) is 12.1 Å². The fourth-order valence-corrected chi connectivity index (χ4v) is 1.71. The van der Waals surface area contributed by atoms with Crippen molar-refractivity contribution in [3.63, 3.8) is 0 Å². The Bertz CT molecular complexity index is 456. The van der Waals surface area contributed by atoms with Crippen LogP contribution in [0.3, 0.4) is 0 Å². The molecule has 0 aliphatic carbocycles. The Labute approximate surface area is 107 Å². The highest BCUT2D eigenvalue weighted by atomic mass is 16.6. The van der Waals surface area contributed by atoms with E-state index in [-0.39, 0.29) is 11.1 Å². The average Bonchev–Trinajstić information content (AvgIpc) is 2.24. The maximum Gasteiger partial charge on any atom is 0.269 e. The third-order valence-corrected chi connectivity index (χ3v) is 2.39. The molecular weight excluding hydrogens is 230 g/mol. The molecule has 0 aliphatic heterocycles. The summed E-state index contributed by atoms with van der Waals surface area (Å²) in [6.45, 7) is 6.24. The van der Waals surface area contributed by atoms with E-state index in [2.05, 4.69) is 25.8 Å². The molecule has 0 aromatic heterocycles. The molecule has 0 aliphatic rings. The first-order valence-electron chi connectivity index (χ1n) is 5.73. The van der Waals surface area contributed by atoms with Gasteiger partial charge in [-0.2, -0.15) is 0 Å². The van der Waals surface area contributed by atoms with Crippen LogP contribution in [-0.2, 0) is 0 Å². The molecule has 0 saturated heterocycles. The van der Waals surface area contributed by atoms with Crippen molar-refractivity contribution >= 4 is 17.2 Å². The number of non-ortho nitro benzene ring substituents is 1. The van der Waals surface area contributed by atoms with Crippen LogP contribution in [0, 0.1) is 15.5 Å². The number of rotatable bonds is 2. The van der Waals surface area contributed by atoms with E-state index in [0.717, 1.165) is 11.5 Å². The molecule has 0 N–H and O–H groups in total. The first kappa shape index (κ1) is 14.2. The van der Waals surface area contributed by atoms with E-state index in [1.54, 1.807) is 12.1 Å². The minimum atomic E-state index is -0.413. The first-order chi connectivity index (χ1) is 8.21. The number of hydrogen-bond donors (Lipinski definition) is 0. The van der Waals surface area contributed by atoms with Crippen LogP contribution in [0.5, 0.6) is 0 Å². The van der Waals surface area contributed by atoms with E-state index in [9.17, 15) is 10.1 Å². The topological polar surface area (TPSA) is 58.7 Å². The Hall–Kier alpha value is -1.91. The van der Waals surface area contributed by atoms with Gasteiger partial charge < -0.3 is 4.90 Å². The highest BCUT2D eigenvalue weighted by molar-refractivity contribution is 5.89. The second-order valence-corrected chi connectivity index (χ2v) is 5.35.